The Balaban J connectivity index is 1.14. The van der Waals surface area contributed by atoms with Gasteiger partial charge in [-0.25, -0.2) is 4.98 Å². The fourth-order valence-corrected chi connectivity index (χ4v) is 10.00. The topological polar surface area (TPSA) is 24.3 Å². The van der Waals surface area contributed by atoms with Crippen LogP contribution < -0.4 is 26.4 Å². The lowest BCUT2D eigenvalue weighted by Gasteiger charge is -2.37. The van der Waals surface area contributed by atoms with Gasteiger partial charge in [0.1, 0.15) is 0 Å². The van der Waals surface area contributed by atoms with Crippen molar-refractivity contribution in [2.24, 2.45) is 0 Å². The minimum atomic E-state index is -0.101. The fraction of sp³-hybridized carbons (Fsp3) is 0.203. The molecule has 4 nitrogen and oxygen atoms in total. The van der Waals surface area contributed by atoms with Gasteiger partial charge in [-0.05, 0) is 145 Å². The van der Waals surface area contributed by atoms with Crippen molar-refractivity contribution >= 4 is 79.3 Å². The fourth-order valence-electron chi connectivity index (χ4n) is 10.00. The molecule has 314 valence electrons. The molecule has 5 heteroatoms. The molecule has 3 heterocycles. The lowest BCUT2D eigenvalue weighted by molar-refractivity contribution is 0.590. The van der Waals surface area contributed by atoms with Crippen molar-refractivity contribution in [2.45, 2.75) is 78.6 Å². The molecule has 1 aromatic heterocycles. The first-order valence-corrected chi connectivity index (χ1v) is 22.8. The van der Waals surface area contributed by atoms with Crippen molar-refractivity contribution < 1.29 is 0 Å². The van der Waals surface area contributed by atoms with E-state index in [1.165, 1.54) is 60.9 Å². The Bertz CT molecular complexity index is 3210. The summed E-state index contributed by atoms with van der Waals surface area (Å²) in [5.41, 5.74) is 20.2. The van der Waals surface area contributed by atoms with Gasteiger partial charge in [-0.15, -0.1) is 0 Å². The van der Waals surface area contributed by atoms with Crippen molar-refractivity contribution in [1.29, 1.82) is 0 Å². The summed E-state index contributed by atoms with van der Waals surface area (Å²) in [5.74, 6) is 0. The third-order valence-electron chi connectivity index (χ3n) is 13.6. The number of aromatic nitrogens is 2. The molecule has 0 fully saturated rings. The molecule has 11 rings (SSSR count). The van der Waals surface area contributed by atoms with Gasteiger partial charge in [0.05, 0.1) is 16.8 Å². The van der Waals surface area contributed by atoms with E-state index in [2.05, 4.69) is 247 Å². The molecule has 0 spiro atoms. The second kappa shape index (κ2) is 14.3. The molecule has 0 saturated carbocycles. The normalized spacial score (nSPS) is 13.3. The minimum Gasteiger partial charge on any atom is -0.311 e. The van der Waals surface area contributed by atoms with Gasteiger partial charge in [-0.2, -0.15) is 0 Å². The van der Waals surface area contributed by atoms with Crippen LogP contribution in [0.25, 0.3) is 38.6 Å². The van der Waals surface area contributed by atoms with Crippen molar-refractivity contribution in [3.05, 3.63) is 187 Å². The number of para-hydroxylation sites is 1. The molecule has 0 atom stereocenters. The van der Waals surface area contributed by atoms with E-state index in [4.69, 9.17) is 4.98 Å². The van der Waals surface area contributed by atoms with Gasteiger partial charge < -0.3 is 14.4 Å². The van der Waals surface area contributed by atoms with Crippen molar-refractivity contribution in [3.8, 4) is 16.8 Å². The van der Waals surface area contributed by atoms with E-state index in [0.29, 0.717) is 0 Å². The predicted molar refractivity (Wildman–Crippen MR) is 274 cm³/mol. The highest BCUT2D eigenvalue weighted by Crippen LogP contribution is 2.45. The van der Waals surface area contributed by atoms with Crippen LogP contribution in [0.4, 0.5) is 34.1 Å². The SMILES string of the molecule is CC(C)(C)c1ccc(N(c2ccc(C(C)(C)C)cc2)c2ccc3c(c2)N(c2ccccc2)c2cc(C(C)(C)C)cc4c2B3c2nc3ccc(-c5ccc6ccccc6c5)cc3n2-4)cc1. The molecule has 0 N–H and O–H groups in total. The van der Waals surface area contributed by atoms with E-state index >= 15 is 0 Å². The van der Waals surface area contributed by atoms with E-state index in [9.17, 15) is 0 Å². The standard InChI is InChI=1S/C59H55BN4/c1-57(2,3)42-22-26-46(27-23-42)62(47-28-24-43(25-29-47)58(4,5)6)48-30-31-49-51(37-48)63(45-17-11-10-12-18-45)53-35-44(59(7,8)9)36-54-55(53)60(49)56-61-50-32-21-41(34-52(50)64(54)56)40-20-19-38-15-13-14-16-39(38)33-40/h10-37H,1-9H3. The first-order chi connectivity index (χ1) is 30.6. The van der Waals surface area contributed by atoms with Crippen LogP contribution >= 0.6 is 0 Å². The molecular weight excluding hydrogens is 775 g/mol. The quantitative estimate of drug-likeness (QED) is 0.162. The van der Waals surface area contributed by atoms with Gasteiger partial charge >= 0.3 is 0 Å². The van der Waals surface area contributed by atoms with Crippen molar-refractivity contribution in [2.75, 3.05) is 9.80 Å². The molecule has 0 bridgehead atoms. The van der Waals surface area contributed by atoms with Crippen LogP contribution in [0.2, 0.25) is 0 Å². The lowest BCUT2D eigenvalue weighted by Crippen LogP contribution is -2.55. The number of fused-ring (bicyclic) bond motifs is 8. The van der Waals surface area contributed by atoms with Crippen LogP contribution in [0.15, 0.2) is 170 Å². The summed E-state index contributed by atoms with van der Waals surface area (Å²) in [7, 11) is 0. The summed E-state index contributed by atoms with van der Waals surface area (Å²) in [5, 5.41) is 2.49. The van der Waals surface area contributed by atoms with Gasteiger partial charge in [0.15, 0.2) is 0 Å². The molecule has 0 saturated heterocycles. The Labute approximate surface area is 378 Å². The van der Waals surface area contributed by atoms with Crippen LogP contribution in [0, 0.1) is 0 Å². The zero-order valence-corrected chi connectivity index (χ0v) is 38.5. The Morgan fingerprint density at radius 3 is 1.66 bits per heavy atom. The number of rotatable bonds is 5. The van der Waals surface area contributed by atoms with E-state index in [1.54, 1.807) is 0 Å². The Kier molecular flexibility index (Phi) is 8.95. The smallest absolute Gasteiger partial charge is 0.294 e. The maximum Gasteiger partial charge on any atom is 0.294 e. The summed E-state index contributed by atoms with van der Waals surface area (Å²) >= 11 is 0. The molecule has 0 amide bonds. The predicted octanol–water partition coefficient (Wildman–Crippen LogP) is 13.8. The maximum absolute atomic E-state index is 5.55. The van der Waals surface area contributed by atoms with Crippen LogP contribution in [0.1, 0.15) is 79.0 Å². The molecule has 2 aliphatic heterocycles. The number of imidazole rings is 1. The van der Waals surface area contributed by atoms with Gasteiger partial charge in [-0.1, -0.05) is 153 Å². The number of hydrogen-bond acceptors (Lipinski definition) is 3. The summed E-state index contributed by atoms with van der Waals surface area (Å²) in [6.07, 6.45) is 0. The van der Waals surface area contributed by atoms with Crippen molar-refractivity contribution in [3.63, 3.8) is 0 Å². The molecule has 2 aliphatic rings. The first kappa shape index (κ1) is 40.0. The molecule has 0 unspecified atom stereocenters. The van der Waals surface area contributed by atoms with E-state index in [-0.39, 0.29) is 23.0 Å². The minimum absolute atomic E-state index is 0.0493. The second-order valence-corrected chi connectivity index (χ2v) is 21.0. The average Bonchev–Trinajstić information content (AvgIpc) is 3.81. The van der Waals surface area contributed by atoms with Crippen LogP contribution in [-0.4, -0.2) is 16.3 Å². The molecule has 0 radical (unpaired) electrons. The monoisotopic (exact) mass is 830 g/mol. The lowest BCUT2D eigenvalue weighted by atomic mass is 9.39. The number of nitrogens with zero attached hydrogens (tertiary/aromatic N) is 4. The molecule has 64 heavy (non-hydrogen) atoms. The highest BCUT2D eigenvalue weighted by Gasteiger charge is 2.46. The highest BCUT2D eigenvalue weighted by atomic mass is 15.2. The molecule has 8 aromatic carbocycles. The van der Waals surface area contributed by atoms with Crippen LogP contribution in [0.3, 0.4) is 0 Å². The molecule has 0 aliphatic carbocycles. The summed E-state index contributed by atoms with van der Waals surface area (Å²) in [4.78, 5) is 10.5. The van der Waals surface area contributed by atoms with E-state index < -0.39 is 0 Å². The number of anilines is 6. The summed E-state index contributed by atoms with van der Waals surface area (Å²) in [6.45, 7) is 20.6. The third-order valence-corrected chi connectivity index (χ3v) is 13.6. The van der Waals surface area contributed by atoms with Gasteiger partial charge in [0.25, 0.3) is 6.71 Å². The Morgan fingerprint density at radius 1 is 0.453 bits per heavy atom. The van der Waals surface area contributed by atoms with E-state index in [1.807, 2.05) is 0 Å². The summed E-state index contributed by atoms with van der Waals surface area (Å²) in [6, 6.07) is 63.5. The largest absolute Gasteiger partial charge is 0.311 e. The summed E-state index contributed by atoms with van der Waals surface area (Å²) < 4.78 is 2.48. The Hall–Kier alpha value is -6.85. The maximum atomic E-state index is 5.55. The highest BCUT2D eigenvalue weighted by molar-refractivity contribution is 6.99. The average molecular weight is 831 g/mol. The van der Waals surface area contributed by atoms with Gasteiger partial charge in [-0.3, -0.25) is 0 Å². The second-order valence-electron chi connectivity index (χ2n) is 21.0. The van der Waals surface area contributed by atoms with Crippen molar-refractivity contribution in [1.82, 2.24) is 9.55 Å². The Morgan fingerprint density at radius 2 is 1.02 bits per heavy atom. The number of hydrogen-bond donors (Lipinski definition) is 0. The first-order valence-electron chi connectivity index (χ1n) is 22.8. The van der Waals surface area contributed by atoms with Crippen LogP contribution in [-0.2, 0) is 16.2 Å². The molecular formula is C59H55BN4. The molecule has 9 aromatic rings. The van der Waals surface area contributed by atoms with Crippen LogP contribution in [0.5, 0.6) is 0 Å². The van der Waals surface area contributed by atoms with Gasteiger partial charge in [0.2, 0.25) is 0 Å². The van der Waals surface area contributed by atoms with Gasteiger partial charge in [0, 0.05) is 39.8 Å². The van der Waals surface area contributed by atoms with E-state index in [0.717, 1.165) is 45.2 Å². The number of benzene rings is 8. The third kappa shape index (κ3) is 6.55. The zero-order valence-electron chi connectivity index (χ0n) is 38.5. The zero-order chi connectivity index (χ0) is 44.3.